The lowest BCUT2D eigenvalue weighted by molar-refractivity contribution is 0.0950. The molecule has 0 saturated heterocycles. The van der Waals surface area contributed by atoms with Crippen LogP contribution >= 0.6 is 11.3 Å². The van der Waals surface area contributed by atoms with Crippen LogP contribution < -0.4 is 5.32 Å². The van der Waals surface area contributed by atoms with Crippen molar-refractivity contribution in [1.29, 1.82) is 0 Å². The summed E-state index contributed by atoms with van der Waals surface area (Å²) in [5.74, 6) is -0.116. The van der Waals surface area contributed by atoms with E-state index < -0.39 is 0 Å². The molecule has 0 saturated carbocycles. The predicted octanol–water partition coefficient (Wildman–Crippen LogP) is 3.18. The second-order valence-electron chi connectivity index (χ2n) is 5.32. The van der Waals surface area contributed by atoms with Crippen molar-refractivity contribution in [1.82, 2.24) is 20.1 Å². The van der Waals surface area contributed by atoms with Gasteiger partial charge in [0.1, 0.15) is 0 Å². The van der Waals surface area contributed by atoms with E-state index in [1.807, 2.05) is 51.1 Å². The first-order valence-corrected chi connectivity index (χ1v) is 8.19. The summed E-state index contributed by atoms with van der Waals surface area (Å²) in [5, 5.41) is 8.30. The molecule has 3 rings (SSSR count). The first-order valence-electron chi connectivity index (χ1n) is 7.37. The van der Waals surface area contributed by atoms with Gasteiger partial charge in [0, 0.05) is 4.88 Å². The summed E-state index contributed by atoms with van der Waals surface area (Å²) in [6, 6.07) is 9.78. The number of rotatable bonds is 4. The standard InChI is InChI=1S/C17H18N4OS/c1-11-16(23-13(3)20-11)10-18-17(22)15-9-19-21(12(15)2)14-7-5-4-6-8-14/h4-9H,10H2,1-3H3,(H,18,22). The Kier molecular flexibility index (Phi) is 4.25. The number of nitrogens with zero attached hydrogens (tertiary/aromatic N) is 3. The van der Waals surface area contributed by atoms with E-state index in [9.17, 15) is 4.79 Å². The molecule has 0 radical (unpaired) electrons. The Bertz CT molecular complexity index is 836. The number of carbonyl (C=O) groups is 1. The minimum atomic E-state index is -0.116. The lowest BCUT2D eigenvalue weighted by atomic mass is 10.2. The van der Waals surface area contributed by atoms with Crippen LogP contribution in [0.15, 0.2) is 36.5 Å². The number of nitrogens with one attached hydrogen (secondary N) is 1. The van der Waals surface area contributed by atoms with Crippen LogP contribution in [0.2, 0.25) is 0 Å². The molecule has 0 atom stereocenters. The fourth-order valence-corrected chi connectivity index (χ4v) is 3.33. The molecule has 0 bridgehead atoms. The van der Waals surface area contributed by atoms with Gasteiger partial charge in [-0.25, -0.2) is 9.67 Å². The molecule has 6 heteroatoms. The molecule has 2 heterocycles. The third-order valence-corrected chi connectivity index (χ3v) is 4.74. The highest BCUT2D eigenvalue weighted by Gasteiger charge is 2.15. The summed E-state index contributed by atoms with van der Waals surface area (Å²) in [4.78, 5) is 17.9. The van der Waals surface area contributed by atoms with E-state index in [1.165, 1.54) is 0 Å². The summed E-state index contributed by atoms with van der Waals surface area (Å²) >= 11 is 1.61. The number of carbonyl (C=O) groups excluding carboxylic acids is 1. The van der Waals surface area contributed by atoms with Gasteiger partial charge in [0.25, 0.3) is 5.91 Å². The summed E-state index contributed by atoms with van der Waals surface area (Å²) in [5.41, 5.74) is 3.33. The van der Waals surface area contributed by atoms with Crippen LogP contribution in [0.5, 0.6) is 0 Å². The van der Waals surface area contributed by atoms with Crippen molar-refractivity contribution in [2.24, 2.45) is 0 Å². The molecule has 5 nitrogen and oxygen atoms in total. The normalized spacial score (nSPS) is 10.7. The van der Waals surface area contributed by atoms with Crippen molar-refractivity contribution in [3.63, 3.8) is 0 Å². The SMILES string of the molecule is Cc1nc(C)c(CNC(=O)c2cnn(-c3ccccc3)c2C)s1. The largest absolute Gasteiger partial charge is 0.347 e. The average Bonchev–Trinajstić information content (AvgIpc) is 3.08. The zero-order chi connectivity index (χ0) is 16.4. The Balaban J connectivity index is 1.76. The van der Waals surface area contributed by atoms with E-state index >= 15 is 0 Å². The highest BCUT2D eigenvalue weighted by atomic mass is 32.1. The fourth-order valence-electron chi connectivity index (χ4n) is 2.46. The molecule has 0 spiro atoms. The number of aromatic nitrogens is 3. The molecular weight excluding hydrogens is 308 g/mol. The molecule has 1 N–H and O–H groups in total. The Hall–Kier alpha value is -2.47. The number of para-hydroxylation sites is 1. The van der Waals surface area contributed by atoms with E-state index in [4.69, 9.17) is 0 Å². The highest BCUT2D eigenvalue weighted by Crippen LogP contribution is 2.18. The number of hydrogen-bond acceptors (Lipinski definition) is 4. The van der Waals surface area contributed by atoms with Crippen molar-refractivity contribution in [3.05, 3.63) is 63.4 Å². The topological polar surface area (TPSA) is 59.8 Å². The van der Waals surface area contributed by atoms with E-state index in [-0.39, 0.29) is 5.91 Å². The molecule has 3 aromatic rings. The Morgan fingerprint density at radius 2 is 1.96 bits per heavy atom. The number of amides is 1. The van der Waals surface area contributed by atoms with Crippen LogP contribution in [-0.2, 0) is 6.54 Å². The lowest BCUT2D eigenvalue weighted by Crippen LogP contribution is -2.23. The van der Waals surface area contributed by atoms with Gasteiger partial charge in [-0.05, 0) is 32.9 Å². The monoisotopic (exact) mass is 326 g/mol. The van der Waals surface area contributed by atoms with E-state index in [2.05, 4.69) is 15.4 Å². The van der Waals surface area contributed by atoms with Gasteiger partial charge in [0.15, 0.2) is 0 Å². The zero-order valence-corrected chi connectivity index (χ0v) is 14.1. The maximum atomic E-state index is 12.4. The molecule has 0 unspecified atom stereocenters. The van der Waals surface area contributed by atoms with Gasteiger partial charge < -0.3 is 5.32 Å². The van der Waals surface area contributed by atoms with Crippen LogP contribution in [-0.4, -0.2) is 20.7 Å². The molecule has 1 amide bonds. The quantitative estimate of drug-likeness (QED) is 0.801. The Morgan fingerprint density at radius 3 is 2.61 bits per heavy atom. The predicted molar refractivity (Wildman–Crippen MR) is 91.1 cm³/mol. The first-order chi connectivity index (χ1) is 11.1. The fraction of sp³-hybridized carbons (Fsp3) is 0.235. The minimum Gasteiger partial charge on any atom is -0.347 e. The lowest BCUT2D eigenvalue weighted by Gasteiger charge is -2.06. The smallest absolute Gasteiger partial charge is 0.255 e. The Labute approximate surface area is 139 Å². The van der Waals surface area contributed by atoms with Gasteiger partial charge >= 0.3 is 0 Å². The molecule has 0 aliphatic carbocycles. The first kappa shape index (κ1) is 15.4. The highest BCUT2D eigenvalue weighted by molar-refractivity contribution is 7.11. The van der Waals surface area contributed by atoms with Gasteiger partial charge in [-0.15, -0.1) is 11.3 Å². The average molecular weight is 326 g/mol. The van der Waals surface area contributed by atoms with Crippen molar-refractivity contribution < 1.29 is 4.79 Å². The van der Waals surface area contributed by atoms with Gasteiger partial charge in [0.2, 0.25) is 0 Å². The zero-order valence-electron chi connectivity index (χ0n) is 13.3. The van der Waals surface area contributed by atoms with Crippen LogP contribution in [0, 0.1) is 20.8 Å². The summed E-state index contributed by atoms with van der Waals surface area (Å²) in [7, 11) is 0. The number of thiazole rings is 1. The summed E-state index contributed by atoms with van der Waals surface area (Å²) < 4.78 is 1.77. The summed E-state index contributed by atoms with van der Waals surface area (Å²) in [6.45, 7) is 6.32. The van der Waals surface area contributed by atoms with Crippen LogP contribution in [0.3, 0.4) is 0 Å². The van der Waals surface area contributed by atoms with E-state index in [0.717, 1.165) is 27.0 Å². The van der Waals surface area contributed by atoms with Crippen molar-refractivity contribution in [3.8, 4) is 5.69 Å². The van der Waals surface area contributed by atoms with Crippen LogP contribution in [0.4, 0.5) is 0 Å². The van der Waals surface area contributed by atoms with Gasteiger partial charge in [-0.3, -0.25) is 4.79 Å². The number of benzene rings is 1. The minimum absolute atomic E-state index is 0.116. The molecule has 0 aliphatic rings. The number of aryl methyl sites for hydroxylation is 2. The third kappa shape index (κ3) is 3.17. The molecule has 0 fully saturated rings. The van der Waals surface area contributed by atoms with Crippen molar-refractivity contribution in [2.75, 3.05) is 0 Å². The Morgan fingerprint density at radius 1 is 1.22 bits per heavy atom. The van der Waals surface area contributed by atoms with Crippen molar-refractivity contribution in [2.45, 2.75) is 27.3 Å². The molecule has 23 heavy (non-hydrogen) atoms. The maximum absolute atomic E-state index is 12.4. The maximum Gasteiger partial charge on any atom is 0.255 e. The van der Waals surface area contributed by atoms with Gasteiger partial charge in [-0.1, -0.05) is 18.2 Å². The van der Waals surface area contributed by atoms with Gasteiger partial charge in [0.05, 0.1) is 40.4 Å². The second-order valence-corrected chi connectivity index (χ2v) is 6.60. The van der Waals surface area contributed by atoms with Crippen molar-refractivity contribution >= 4 is 17.2 Å². The van der Waals surface area contributed by atoms with Gasteiger partial charge in [-0.2, -0.15) is 5.10 Å². The molecule has 118 valence electrons. The number of hydrogen-bond donors (Lipinski definition) is 1. The third-order valence-electron chi connectivity index (χ3n) is 3.66. The molecule has 0 aliphatic heterocycles. The molecule has 1 aromatic carbocycles. The molecule has 2 aromatic heterocycles. The second kappa shape index (κ2) is 6.34. The van der Waals surface area contributed by atoms with Crippen LogP contribution in [0.25, 0.3) is 5.69 Å². The van der Waals surface area contributed by atoms with E-state index in [1.54, 1.807) is 22.2 Å². The molecular formula is C17H18N4OS. The van der Waals surface area contributed by atoms with Crippen LogP contribution in [0.1, 0.15) is 31.6 Å². The summed E-state index contributed by atoms with van der Waals surface area (Å²) in [6.07, 6.45) is 1.61. The van der Waals surface area contributed by atoms with E-state index in [0.29, 0.717) is 12.1 Å².